The zero-order valence-electron chi connectivity index (χ0n) is 12.8. The zero-order chi connectivity index (χ0) is 15.7. The van der Waals surface area contributed by atoms with Gasteiger partial charge in [-0.15, -0.1) is 0 Å². The smallest absolute Gasteiger partial charge is 0.338 e. The van der Waals surface area contributed by atoms with Crippen LogP contribution in [0.5, 0.6) is 0 Å². The second-order valence-corrected chi connectivity index (χ2v) is 4.89. The van der Waals surface area contributed by atoms with Crippen LogP contribution in [0, 0.1) is 0 Å². The van der Waals surface area contributed by atoms with Crippen LogP contribution in [0.2, 0.25) is 0 Å². The number of hydrogen-bond acceptors (Lipinski definition) is 6. The molecule has 1 N–H and O–H groups in total. The van der Waals surface area contributed by atoms with Crippen molar-refractivity contribution in [3.63, 3.8) is 0 Å². The molecule has 116 valence electrons. The first kappa shape index (κ1) is 14.3. The molecule has 0 spiro atoms. The van der Waals surface area contributed by atoms with Gasteiger partial charge in [0.1, 0.15) is 12.4 Å². The molecule has 0 saturated heterocycles. The monoisotopic (exact) mass is 302 g/mol. The molecule has 1 aliphatic heterocycles. The SMILES string of the molecule is CCOC(=O)C1=C(C)Nc2ncnn2[C@H]1c1ccnn1CC. The number of carbonyl (C=O) groups is 1. The Labute approximate surface area is 127 Å². The van der Waals surface area contributed by atoms with Gasteiger partial charge in [-0.2, -0.15) is 15.2 Å². The predicted molar refractivity (Wildman–Crippen MR) is 79.0 cm³/mol. The minimum atomic E-state index is -0.403. The standard InChI is InChI=1S/C14H18N6O2/c1-4-19-10(6-7-16-19)12-11(13(21)22-5-2)9(3)18-14-15-8-17-20(12)14/h6-8,12H,4-5H2,1-3H3,(H,15,17,18)/t12-/m0/s1. The number of fused-ring (bicyclic) bond motifs is 1. The summed E-state index contributed by atoms with van der Waals surface area (Å²) < 4.78 is 8.74. The number of rotatable bonds is 4. The van der Waals surface area contributed by atoms with Gasteiger partial charge in [0.2, 0.25) is 5.95 Å². The van der Waals surface area contributed by atoms with E-state index in [1.165, 1.54) is 6.33 Å². The molecule has 0 radical (unpaired) electrons. The number of nitrogens with zero attached hydrogens (tertiary/aromatic N) is 5. The maximum atomic E-state index is 12.4. The topological polar surface area (TPSA) is 86.9 Å². The van der Waals surface area contributed by atoms with Crippen LogP contribution in [0.15, 0.2) is 29.9 Å². The van der Waals surface area contributed by atoms with Gasteiger partial charge in [0.25, 0.3) is 0 Å². The van der Waals surface area contributed by atoms with E-state index in [-0.39, 0.29) is 5.97 Å². The summed E-state index contributed by atoms with van der Waals surface area (Å²) in [6.45, 7) is 6.64. The molecule has 8 nitrogen and oxygen atoms in total. The summed E-state index contributed by atoms with van der Waals surface area (Å²) in [6.07, 6.45) is 3.18. The third kappa shape index (κ3) is 2.16. The molecule has 0 unspecified atom stereocenters. The molecule has 1 aliphatic rings. The van der Waals surface area contributed by atoms with E-state index in [1.54, 1.807) is 17.8 Å². The Morgan fingerprint density at radius 2 is 2.23 bits per heavy atom. The molecule has 22 heavy (non-hydrogen) atoms. The number of allylic oxidation sites excluding steroid dienone is 1. The van der Waals surface area contributed by atoms with Crippen molar-refractivity contribution < 1.29 is 9.53 Å². The molecule has 2 aromatic heterocycles. The van der Waals surface area contributed by atoms with Crippen molar-refractivity contribution >= 4 is 11.9 Å². The van der Waals surface area contributed by atoms with Gasteiger partial charge < -0.3 is 10.1 Å². The summed E-state index contributed by atoms with van der Waals surface area (Å²) in [5, 5.41) is 11.6. The molecule has 0 aliphatic carbocycles. The third-order valence-electron chi connectivity index (χ3n) is 3.62. The van der Waals surface area contributed by atoms with Crippen molar-refractivity contribution in [1.82, 2.24) is 24.5 Å². The van der Waals surface area contributed by atoms with E-state index in [0.29, 0.717) is 30.4 Å². The molecule has 2 aromatic rings. The Kier molecular flexibility index (Phi) is 3.66. The number of esters is 1. The van der Waals surface area contributed by atoms with Gasteiger partial charge >= 0.3 is 5.97 Å². The van der Waals surface area contributed by atoms with Gasteiger partial charge in [0.15, 0.2) is 0 Å². The van der Waals surface area contributed by atoms with Crippen LogP contribution in [-0.4, -0.2) is 37.1 Å². The van der Waals surface area contributed by atoms with Crippen molar-refractivity contribution in [1.29, 1.82) is 0 Å². The van der Waals surface area contributed by atoms with Gasteiger partial charge in [-0.25, -0.2) is 9.48 Å². The first-order valence-electron chi connectivity index (χ1n) is 7.23. The molecule has 1 atom stereocenters. The quantitative estimate of drug-likeness (QED) is 0.858. The molecule has 3 rings (SSSR count). The Balaban J connectivity index is 2.15. The van der Waals surface area contributed by atoms with Gasteiger partial charge in [0.05, 0.1) is 17.9 Å². The largest absolute Gasteiger partial charge is 0.463 e. The van der Waals surface area contributed by atoms with Crippen LogP contribution in [0.3, 0.4) is 0 Å². The van der Waals surface area contributed by atoms with E-state index >= 15 is 0 Å². The van der Waals surface area contributed by atoms with Gasteiger partial charge in [-0.05, 0) is 26.8 Å². The lowest BCUT2D eigenvalue weighted by atomic mass is 10.00. The zero-order valence-corrected chi connectivity index (χ0v) is 12.8. The molecular formula is C14H18N6O2. The molecule has 0 bridgehead atoms. The molecule has 0 aromatic carbocycles. The number of carbonyl (C=O) groups excluding carboxylic acids is 1. The Morgan fingerprint density at radius 3 is 2.95 bits per heavy atom. The van der Waals surface area contributed by atoms with Crippen molar-refractivity contribution in [2.24, 2.45) is 0 Å². The number of aryl methyl sites for hydroxylation is 1. The molecular weight excluding hydrogens is 284 g/mol. The highest BCUT2D eigenvalue weighted by atomic mass is 16.5. The van der Waals surface area contributed by atoms with Crippen LogP contribution in [-0.2, 0) is 16.1 Å². The average Bonchev–Trinajstić information content (AvgIpc) is 3.14. The van der Waals surface area contributed by atoms with Crippen LogP contribution in [0.1, 0.15) is 32.5 Å². The average molecular weight is 302 g/mol. The highest BCUT2D eigenvalue weighted by molar-refractivity contribution is 5.92. The van der Waals surface area contributed by atoms with Crippen LogP contribution in [0.25, 0.3) is 0 Å². The lowest BCUT2D eigenvalue weighted by Crippen LogP contribution is -2.31. The van der Waals surface area contributed by atoms with Crippen LogP contribution < -0.4 is 5.32 Å². The van der Waals surface area contributed by atoms with E-state index in [4.69, 9.17) is 4.74 Å². The Morgan fingerprint density at radius 1 is 1.41 bits per heavy atom. The van der Waals surface area contributed by atoms with Crippen molar-refractivity contribution in [2.45, 2.75) is 33.4 Å². The predicted octanol–water partition coefficient (Wildman–Crippen LogP) is 1.35. The second-order valence-electron chi connectivity index (χ2n) is 4.89. The minimum absolute atomic E-state index is 0.319. The number of ether oxygens (including phenoxy) is 1. The molecule has 0 fully saturated rings. The fraction of sp³-hybridized carbons (Fsp3) is 0.429. The number of aromatic nitrogens is 5. The number of nitrogens with one attached hydrogen (secondary N) is 1. The van der Waals surface area contributed by atoms with Gasteiger partial charge in [0, 0.05) is 18.4 Å². The fourth-order valence-electron chi connectivity index (χ4n) is 2.68. The van der Waals surface area contributed by atoms with E-state index < -0.39 is 6.04 Å². The summed E-state index contributed by atoms with van der Waals surface area (Å²) in [4.78, 5) is 16.6. The van der Waals surface area contributed by atoms with E-state index in [0.717, 1.165) is 5.69 Å². The maximum absolute atomic E-state index is 12.4. The molecule has 0 saturated carbocycles. The fourth-order valence-corrected chi connectivity index (χ4v) is 2.68. The van der Waals surface area contributed by atoms with E-state index in [1.807, 2.05) is 24.6 Å². The van der Waals surface area contributed by atoms with Crippen molar-refractivity contribution in [2.75, 3.05) is 11.9 Å². The third-order valence-corrected chi connectivity index (χ3v) is 3.62. The lowest BCUT2D eigenvalue weighted by Gasteiger charge is -2.28. The minimum Gasteiger partial charge on any atom is -0.463 e. The lowest BCUT2D eigenvalue weighted by molar-refractivity contribution is -0.139. The summed E-state index contributed by atoms with van der Waals surface area (Å²) in [5.41, 5.74) is 2.11. The summed E-state index contributed by atoms with van der Waals surface area (Å²) in [5.74, 6) is 0.238. The Hall–Kier alpha value is -2.64. The van der Waals surface area contributed by atoms with E-state index in [2.05, 4.69) is 20.5 Å². The maximum Gasteiger partial charge on any atom is 0.338 e. The normalized spacial score (nSPS) is 17.1. The van der Waals surface area contributed by atoms with Crippen LogP contribution >= 0.6 is 0 Å². The highest BCUT2D eigenvalue weighted by Gasteiger charge is 2.35. The van der Waals surface area contributed by atoms with E-state index in [9.17, 15) is 4.79 Å². The van der Waals surface area contributed by atoms with Gasteiger partial charge in [-0.1, -0.05) is 0 Å². The first-order chi connectivity index (χ1) is 10.7. The van der Waals surface area contributed by atoms with Crippen molar-refractivity contribution in [3.8, 4) is 0 Å². The van der Waals surface area contributed by atoms with Gasteiger partial charge in [-0.3, -0.25) is 4.68 Å². The summed E-state index contributed by atoms with van der Waals surface area (Å²) in [6, 6.07) is 1.48. The van der Waals surface area contributed by atoms with Crippen molar-refractivity contribution in [3.05, 3.63) is 35.6 Å². The molecule has 3 heterocycles. The first-order valence-corrected chi connectivity index (χ1v) is 7.23. The number of anilines is 1. The summed E-state index contributed by atoms with van der Waals surface area (Å²) >= 11 is 0. The van der Waals surface area contributed by atoms with Crippen LogP contribution in [0.4, 0.5) is 5.95 Å². The molecule has 0 amide bonds. The highest BCUT2D eigenvalue weighted by Crippen LogP contribution is 2.34. The Bertz CT molecular complexity index is 729. The molecule has 8 heteroatoms. The second kappa shape index (κ2) is 5.63. The number of hydrogen-bond donors (Lipinski definition) is 1. The summed E-state index contributed by atoms with van der Waals surface area (Å²) in [7, 11) is 0.